The van der Waals surface area contributed by atoms with Gasteiger partial charge in [-0.2, -0.15) is 0 Å². The molecule has 6 nitrogen and oxygen atoms in total. The number of hydrogen-bond donors (Lipinski definition) is 2. The molecular weight excluding hydrogens is 586 g/mol. The summed E-state index contributed by atoms with van der Waals surface area (Å²) < 4.78 is 12.3. The zero-order valence-electron chi connectivity index (χ0n) is 28.7. The molecule has 0 aliphatic carbocycles. The van der Waals surface area contributed by atoms with Crippen LogP contribution in [0.5, 0.6) is 5.75 Å². The molecule has 2 aliphatic rings. The molecule has 3 rings (SSSR count). The van der Waals surface area contributed by atoms with Crippen LogP contribution in [0.4, 0.5) is 0 Å². The summed E-state index contributed by atoms with van der Waals surface area (Å²) in [5, 5.41) is 21.3. The van der Waals surface area contributed by atoms with Gasteiger partial charge in [-0.1, -0.05) is 82.6 Å². The lowest BCUT2D eigenvalue weighted by molar-refractivity contribution is -0.141. The molecule has 3 atom stereocenters. The monoisotopic (exact) mass is 647 g/mol. The van der Waals surface area contributed by atoms with Crippen molar-refractivity contribution in [2.24, 2.45) is 0 Å². The van der Waals surface area contributed by atoms with E-state index in [9.17, 15) is 15.0 Å². The number of allylic oxidation sites excluding steroid dienone is 2. The van der Waals surface area contributed by atoms with Crippen molar-refractivity contribution in [1.82, 2.24) is 4.90 Å². The fraction of sp³-hybridized carbons (Fsp3) is 0.711. The minimum Gasteiger partial charge on any atom is -0.481 e. The van der Waals surface area contributed by atoms with Gasteiger partial charge in [0.05, 0.1) is 12.2 Å². The molecule has 2 heterocycles. The summed E-state index contributed by atoms with van der Waals surface area (Å²) >= 11 is 0. The number of aliphatic hydroxyl groups is 2. The third-order valence-corrected chi connectivity index (χ3v) is 9.80. The van der Waals surface area contributed by atoms with Gasteiger partial charge < -0.3 is 24.6 Å². The highest BCUT2D eigenvalue weighted by molar-refractivity contribution is 5.85. The first-order valence-electron chi connectivity index (χ1n) is 17.7. The van der Waals surface area contributed by atoms with Crippen molar-refractivity contribution < 1.29 is 24.5 Å². The maximum absolute atomic E-state index is 13.0. The highest BCUT2D eigenvalue weighted by Crippen LogP contribution is 2.38. The fourth-order valence-corrected chi connectivity index (χ4v) is 6.59. The summed E-state index contributed by atoms with van der Waals surface area (Å²) in [5.74, 6) is 0.936. The first-order valence-corrected chi connectivity index (χ1v) is 17.7. The van der Waals surface area contributed by atoms with Gasteiger partial charge in [0.25, 0.3) is 0 Å². The number of fused-ring (bicyclic) bond motifs is 1. The van der Waals surface area contributed by atoms with Crippen LogP contribution in [0.2, 0.25) is 0 Å². The number of likely N-dealkylation sites (N-methyl/N-ethyl adjacent to an activating group) is 1. The Hall–Kier alpha value is -1.86. The highest BCUT2D eigenvalue weighted by Gasteiger charge is 2.39. The minimum absolute atomic E-state index is 0. The van der Waals surface area contributed by atoms with Gasteiger partial charge in [-0.15, -0.1) is 12.4 Å². The van der Waals surface area contributed by atoms with Crippen molar-refractivity contribution in [3.05, 3.63) is 52.8 Å². The van der Waals surface area contributed by atoms with Crippen LogP contribution < -0.4 is 4.74 Å². The number of rotatable bonds is 20. The number of ether oxygens (including phenoxy) is 2. The largest absolute Gasteiger partial charge is 0.481 e. The highest BCUT2D eigenvalue weighted by atomic mass is 35.5. The second kappa shape index (κ2) is 21.1. The van der Waals surface area contributed by atoms with Gasteiger partial charge in [0.2, 0.25) is 0 Å². The Morgan fingerprint density at radius 1 is 1.04 bits per heavy atom. The number of piperidine rings is 1. The number of carbonyl (C=O) groups excluding carboxylic acids is 1. The summed E-state index contributed by atoms with van der Waals surface area (Å²) in [7, 11) is 2.04. The van der Waals surface area contributed by atoms with Crippen LogP contribution in [-0.2, 0) is 22.6 Å². The molecule has 1 aromatic rings. The smallest absolute Gasteiger partial charge is 0.310 e. The predicted octanol–water partition coefficient (Wildman–Crippen LogP) is 8.91. The number of benzene rings is 1. The number of esters is 1. The maximum Gasteiger partial charge on any atom is 0.310 e. The molecule has 7 heteroatoms. The number of unbranched alkanes of at least 4 members (excludes halogenated alkanes) is 11. The van der Waals surface area contributed by atoms with E-state index in [2.05, 4.69) is 30.9 Å². The molecule has 0 bridgehead atoms. The van der Waals surface area contributed by atoms with Crippen molar-refractivity contribution in [3.8, 4) is 5.75 Å². The molecule has 1 saturated heterocycles. The standard InChI is InChI=1S/C38H61NO5.ClH/c1-5-6-7-8-9-10-11-12-13-14-15-16-17-18-19-21-36(41)43-34(24-26-38(42)25-20-27-39(4)31(38)3)35-28-33-30(2)22-23-32(29-40)37(33)44-35;/h12-13,22-24,31,35,40,42H,5-11,14-21,25-29H2,1-4H3;1H/b13-12-,34-24+;/t31-,35-,38-;/m1./s1. The average molecular weight is 648 g/mol. The molecule has 0 unspecified atom stereocenters. The van der Waals surface area contributed by atoms with E-state index >= 15 is 0 Å². The van der Waals surface area contributed by atoms with Gasteiger partial charge in [-0.05, 0) is 90.4 Å². The second-order valence-electron chi connectivity index (χ2n) is 13.3. The maximum atomic E-state index is 13.0. The van der Waals surface area contributed by atoms with Crippen LogP contribution in [0.3, 0.4) is 0 Å². The zero-order valence-corrected chi connectivity index (χ0v) is 29.5. The van der Waals surface area contributed by atoms with E-state index in [1.807, 2.05) is 32.2 Å². The fourth-order valence-electron chi connectivity index (χ4n) is 6.59. The quantitative estimate of drug-likeness (QED) is 0.0637. The number of carbonyl (C=O) groups is 1. The van der Waals surface area contributed by atoms with Gasteiger partial charge in [0, 0.05) is 30.0 Å². The van der Waals surface area contributed by atoms with E-state index in [0.29, 0.717) is 37.2 Å². The first kappa shape index (κ1) is 39.3. The Kier molecular flexibility index (Phi) is 18.4. The van der Waals surface area contributed by atoms with Crippen molar-refractivity contribution in [1.29, 1.82) is 0 Å². The van der Waals surface area contributed by atoms with Crippen molar-refractivity contribution >= 4 is 18.4 Å². The van der Waals surface area contributed by atoms with E-state index in [0.717, 1.165) is 55.3 Å². The van der Waals surface area contributed by atoms with Crippen LogP contribution in [-0.4, -0.2) is 52.4 Å². The molecule has 0 saturated carbocycles. The topological polar surface area (TPSA) is 79.2 Å². The number of hydrogen-bond acceptors (Lipinski definition) is 6. The molecule has 0 spiro atoms. The normalized spacial score (nSPS) is 21.9. The zero-order chi connectivity index (χ0) is 31.8. The van der Waals surface area contributed by atoms with E-state index in [1.165, 1.54) is 57.8 Å². The first-order chi connectivity index (χ1) is 21.3. The summed E-state index contributed by atoms with van der Waals surface area (Å²) in [6, 6.07) is 3.90. The third kappa shape index (κ3) is 12.7. The number of aryl methyl sites for hydroxylation is 1. The van der Waals surface area contributed by atoms with E-state index in [1.54, 1.807) is 0 Å². The SMILES string of the molecule is CCCCCCCC/C=C\CCCCCCCC(=O)O/C(=C/C[C@]1(O)CCCN(C)[C@@H]1C)[C@H]1Cc2c(C)ccc(CO)c2O1.Cl. The molecule has 2 aliphatic heterocycles. The van der Waals surface area contributed by atoms with Gasteiger partial charge in [0.15, 0.2) is 6.10 Å². The molecule has 0 aromatic heterocycles. The number of halogens is 1. The molecule has 1 fully saturated rings. The Morgan fingerprint density at radius 3 is 2.36 bits per heavy atom. The van der Waals surface area contributed by atoms with Crippen molar-refractivity contribution in [3.63, 3.8) is 0 Å². The Bertz CT molecular complexity index is 1070. The van der Waals surface area contributed by atoms with Crippen LogP contribution in [0.25, 0.3) is 0 Å². The van der Waals surface area contributed by atoms with Crippen LogP contribution in [0.1, 0.15) is 140 Å². The van der Waals surface area contributed by atoms with Crippen molar-refractivity contribution in [2.45, 2.75) is 161 Å². The Morgan fingerprint density at radius 2 is 1.69 bits per heavy atom. The van der Waals surface area contributed by atoms with Gasteiger partial charge in [0.1, 0.15) is 11.5 Å². The van der Waals surface area contributed by atoms with Crippen molar-refractivity contribution in [2.75, 3.05) is 13.6 Å². The summed E-state index contributed by atoms with van der Waals surface area (Å²) in [6.45, 7) is 7.22. The lowest BCUT2D eigenvalue weighted by Gasteiger charge is -2.43. The van der Waals surface area contributed by atoms with Gasteiger partial charge in [-0.25, -0.2) is 0 Å². The molecule has 256 valence electrons. The number of nitrogens with zero attached hydrogens (tertiary/aromatic N) is 1. The Labute approximate surface area is 280 Å². The molecule has 2 N–H and O–H groups in total. The Balaban J connectivity index is 0.00000705. The third-order valence-electron chi connectivity index (χ3n) is 9.80. The molecule has 1 aromatic carbocycles. The van der Waals surface area contributed by atoms with Gasteiger partial charge in [-0.3, -0.25) is 4.79 Å². The van der Waals surface area contributed by atoms with Gasteiger partial charge >= 0.3 is 5.97 Å². The minimum atomic E-state index is -0.883. The second-order valence-corrected chi connectivity index (χ2v) is 13.3. The molecular formula is C38H62ClNO5. The summed E-state index contributed by atoms with van der Waals surface area (Å²) in [6.07, 6.45) is 24.9. The molecule has 0 radical (unpaired) electrons. The number of likely N-dealkylation sites (tertiary alicyclic amines) is 1. The summed E-state index contributed by atoms with van der Waals surface area (Å²) in [5.41, 5.74) is 2.00. The molecule has 0 amide bonds. The van der Waals surface area contributed by atoms with Crippen LogP contribution in [0, 0.1) is 6.92 Å². The lowest BCUT2D eigenvalue weighted by Crippen LogP contribution is -2.53. The summed E-state index contributed by atoms with van der Waals surface area (Å²) in [4.78, 5) is 15.2. The lowest BCUT2D eigenvalue weighted by atomic mass is 9.82. The van der Waals surface area contributed by atoms with E-state index in [4.69, 9.17) is 9.47 Å². The van der Waals surface area contributed by atoms with Crippen LogP contribution >= 0.6 is 12.4 Å². The van der Waals surface area contributed by atoms with E-state index in [-0.39, 0.29) is 31.0 Å². The number of aliphatic hydroxyl groups excluding tert-OH is 1. The average Bonchev–Trinajstić information content (AvgIpc) is 3.47. The predicted molar refractivity (Wildman–Crippen MR) is 187 cm³/mol. The van der Waals surface area contributed by atoms with E-state index < -0.39 is 11.7 Å². The molecule has 45 heavy (non-hydrogen) atoms. The van der Waals surface area contributed by atoms with Crippen LogP contribution in [0.15, 0.2) is 36.1 Å².